The first kappa shape index (κ1) is 19.2. The second-order valence-electron chi connectivity index (χ2n) is 7.26. The van der Waals surface area contributed by atoms with Crippen molar-refractivity contribution in [3.8, 4) is 0 Å². The molecule has 2 amide bonds. The quantitative estimate of drug-likeness (QED) is 0.895. The summed E-state index contributed by atoms with van der Waals surface area (Å²) in [6.07, 6.45) is -0.331. The maximum Gasteiger partial charge on any atom is 0.410 e. The lowest BCUT2D eigenvalue weighted by Gasteiger charge is -2.36. The van der Waals surface area contributed by atoms with Crippen molar-refractivity contribution < 1.29 is 24.0 Å². The van der Waals surface area contributed by atoms with Gasteiger partial charge < -0.3 is 14.5 Å². The molecule has 1 aliphatic heterocycles. The molecule has 25 heavy (non-hydrogen) atoms. The van der Waals surface area contributed by atoms with Crippen LogP contribution in [-0.2, 0) is 16.1 Å². The molecule has 0 atom stereocenters. The molecule has 6 nitrogen and oxygen atoms in total. The van der Waals surface area contributed by atoms with E-state index in [0.717, 1.165) is 5.56 Å². The molecule has 0 saturated carbocycles. The van der Waals surface area contributed by atoms with Crippen LogP contribution in [0.4, 0.5) is 14.9 Å². The third-order valence-corrected chi connectivity index (χ3v) is 3.91. The minimum absolute atomic E-state index is 0.0252. The number of benzene rings is 1. The van der Waals surface area contributed by atoms with E-state index in [4.69, 9.17) is 4.74 Å². The third kappa shape index (κ3) is 5.70. The normalized spacial score (nSPS) is 15.2. The van der Waals surface area contributed by atoms with E-state index in [9.17, 15) is 14.0 Å². The molecule has 1 aliphatic rings. The average molecular weight is 352 g/mol. The van der Waals surface area contributed by atoms with Gasteiger partial charge in [-0.25, -0.2) is 14.0 Å². The number of nitrogens with zero attached hydrogens (tertiary/aromatic N) is 2. The molecule has 0 bridgehead atoms. The van der Waals surface area contributed by atoms with Crippen LogP contribution >= 0.6 is 0 Å². The van der Waals surface area contributed by atoms with Crippen molar-refractivity contribution in [2.24, 2.45) is 0 Å². The Labute approximate surface area is 147 Å². The fourth-order valence-electron chi connectivity index (χ4n) is 2.65. The Morgan fingerprint density at radius 1 is 1.20 bits per heavy atom. The molecule has 2 N–H and O–H groups in total. The van der Waals surface area contributed by atoms with Crippen LogP contribution in [0, 0.1) is 5.82 Å². The molecule has 0 radical (unpaired) electrons. The van der Waals surface area contributed by atoms with Gasteiger partial charge in [-0.2, -0.15) is 0 Å². The molecular formula is C18H27FN3O3+. The standard InChI is InChI=1S/C18H26FN3O3/c1-13(23)20-12-14-5-6-16(15(19)11-14)21-7-9-22(10-8-21)17(24)25-18(2,3)4/h5-6,11H,7-10,12H2,1-4H3,(H,20,23)/p+1. The Bertz CT molecular complexity index is 635. The summed E-state index contributed by atoms with van der Waals surface area (Å²) < 4.78 is 19.8. The summed E-state index contributed by atoms with van der Waals surface area (Å²) in [7, 11) is 0. The first-order valence-electron chi connectivity index (χ1n) is 8.51. The Morgan fingerprint density at radius 3 is 2.36 bits per heavy atom. The lowest BCUT2D eigenvalue weighted by atomic mass is 10.1. The van der Waals surface area contributed by atoms with Crippen LogP contribution in [0.5, 0.6) is 0 Å². The van der Waals surface area contributed by atoms with E-state index in [1.165, 1.54) is 18.3 Å². The van der Waals surface area contributed by atoms with Crippen LogP contribution in [0.15, 0.2) is 18.2 Å². The second kappa shape index (κ2) is 7.82. The number of amides is 2. The first-order chi connectivity index (χ1) is 11.7. The van der Waals surface area contributed by atoms with Gasteiger partial charge in [-0.1, -0.05) is 6.07 Å². The number of carbonyl (C=O) groups excluding carboxylic acids is 2. The summed E-state index contributed by atoms with van der Waals surface area (Å²) in [6, 6.07) is 5.04. The number of ether oxygens (including phenoxy) is 1. The molecule has 138 valence electrons. The van der Waals surface area contributed by atoms with Gasteiger partial charge in [0.15, 0.2) is 0 Å². The van der Waals surface area contributed by atoms with Gasteiger partial charge >= 0.3 is 12.0 Å². The van der Waals surface area contributed by atoms with Crippen LogP contribution in [0.2, 0.25) is 0 Å². The highest BCUT2D eigenvalue weighted by Crippen LogP contribution is 2.22. The number of carbonyl (C=O) groups is 2. The molecule has 7 heteroatoms. The average Bonchev–Trinajstić information content (AvgIpc) is 2.51. The van der Waals surface area contributed by atoms with Gasteiger partial charge in [-0.3, -0.25) is 5.32 Å². The van der Waals surface area contributed by atoms with E-state index in [1.54, 1.807) is 11.0 Å². The van der Waals surface area contributed by atoms with Crippen molar-refractivity contribution in [3.05, 3.63) is 29.6 Å². The number of quaternary nitrogens is 1. The van der Waals surface area contributed by atoms with Gasteiger partial charge in [-0.15, -0.1) is 0 Å². The summed E-state index contributed by atoms with van der Waals surface area (Å²) in [5.74, 6) is -0.331. The Kier molecular flexibility index (Phi) is 6.00. The fourth-order valence-corrected chi connectivity index (χ4v) is 2.65. The van der Waals surface area contributed by atoms with Crippen LogP contribution in [0.3, 0.4) is 0 Å². The van der Waals surface area contributed by atoms with Gasteiger partial charge in [0.05, 0.1) is 12.6 Å². The number of hydrogen-bond donors (Lipinski definition) is 1. The second-order valence-corrected chi connectivity index (χ2v) is 7.26. The molecule has 1 heterocycles. The van der Waals surface area contributed by atoms with Crippen molar-refractivity contribution in [3.63, 3.8) is 0 Å². The van der Waals surface area contributed by atoms with Gasteiger partial charge in [0, 0.05) is 31.7 Å². The van der Waals surface area contributed by atoms with Gasteiger partial charge in [0.1, 0.15) is 18.0 Å². The molecule has 1 aromatic carbocycles. The number of rotatable bonds is 3. The fraction of sp³-hybridized carbons (Fsp3) is 0.556. The number of anilines is 1. The molecule has 1 saturated heterocycles. The largest absolute Gasteiger partial charge is 0.444 e. The highest BCUT2D eigenvalue weighted by Gasteiger charge is 2.26. The van der Waals surface area contributed by atoms with Crippen molar-refractivity contribution in [1.29, 1.82) is 0 Å². The Hall–Kier alpha value is -2.15. The molecule has 0 aliphatic carbocycles. The smallest absolute Gasteiger partial charge is 0.410 e. The van der Waals surface area contributed by atoms with E-state index < -0.39 is 5.60 Å². The van der Waals surface area contributed by atoms with E-state index >= 15 is 0 Å². The number of halogens is 1. The van der Waals surface area contributed by atoms with E-state index in [2.05, 4.69) is 0 Å². The Morgan fingerprint density at radius 2 is 1.84 bits per heavy atom. The molecule has 1 aromatic rings. The van der Waals surface area contributed by atoms with Crippen molar-refractivity contribution in [1.82, 2.24) is 4.90 Å². The molecule has 0 aromatic heterocycles. The molecular weight excluding hydrogens is 325 g/mol. The van der Waals surface area contributed by atoms with Crippen LogP contribution in [-0.4, -0.2) is 48.7 Å². The third-order valence-electron chi connectivity index (χ3n) is 3.91. The van der Waals surface area contributed by atoms with Gasteiger partial charge in [-0.05, 0) is 32.9 Å². The lowest BCUT2D eigenvalue weighted by molar-refractivity contribution is -0.583. The van der Waals surface area contributed by atoms with E-state index in [0.29, 0.717) is 38.4 Å². The Balaban J connectivity index is 1.94. The maximum absolute atomic E-state index is 14.4. The van der Waals surface area contributed by atoms with Crippen molar-refractivity contribution in [2.45, 2.75) is 39.8 Å². The summed E-state index contributed by atoms with van der Waals surface area (Å²) in [5, 5.41) is 1.54. The monoisotopic (exact) mass is 352 g/mol. The van der Waals surface area contributed by atoms with Gasteiger partial charge in [0.2, 0.25) is 0 Å². The summed E-state index contributed by atoms with van der Waals surface area (Å²) in [5.41, 5.74) is 0.770. The number of piperazine rings is 1. The molecule has 0 spiro atoms. The van der Waals surface area contributed by atoms with Crippen LogP contribution in [0.25, 0.3) is 0 Å². The van der Waals surface area contributed by atoms with Crippen LogP contribution in [0.1, 0.15) is 33.3 Å². The number of hydrogen-bond acceptors (Lipinski definition) is 4. The zero-order valence-corrected chi connectivity index (χ0v) is 15.3. The summed E-state index contributed by atoms with van der Waals surface area (Å²) in [4.78, 5) is 26.6. The van der Waals surface area contributed by atoms with Crippen molar-refractivity contribution in [2.75, 3.05) is 31.1 Å². The zero-order valence-electron chi connectivity index (χ0n) is 15.3. The van der Waals surface area contributed by atoms with E-state index in [1.807, 2.05) is 31.7 Å². The topological polar surface area (TPSA) is 66.5 Å². The predicted octanol–water partition coefficient (Wildman–Crippen LogP) is 1.49. The summed E-state index contributed by atoms with van der Waals surface area (Å²) in [6.45, 7) is 9.51. The minimum atomic E-state index is -0.521. The lowest BCUT2D eigenvalue weighted by Crippen LogP contribution is -2.85. The van der Waals surface area contributed by atoms with Gasteiger partial charge in [0.25, 0.3) is 0 Å². The number of nitrogens with two attached hydrogens (primary N) is 1. The molecule has 2 rings (SSSR count). The van der Waals surface area contributed by atoms with Crippen molar-refractivity contribution >= 4 is 17.7 Å². The number of primary amides is 1. The van der Waals surface area contributed by atoms with E-state index in [-0.39, 0.29) is 17.8 Å². The highest BCUT2D eigenvalue weighted by atomic mass is 19.1. The first-order valence-corrected chi connectivity index (χ1v) is 8.51. The molecule has 1 fully saturated rings. The zero-order chi connectivity index (χ0) is 18.6. The highest BCUT2D eigenvalue weighted by molar-refractivity contribution is 5.68. The maximum atomic E-state index is 14.4. The SMILES string of the molecule is CC(=O)[NH2+]Cc1ccc(N2CCN(C(=O)OC(C)(C)C)CC2)c(F)c1. The summed E-state index contributed by atoms with van der Waals surface area (Å²) >= 11 is 0. The minimum Gasteiger partial charge on any atom is -0.444 e. The molecule has 0 unspecified atom stereocenters. The van der Waals surface area contributed by atoms with Crippen LogP contribution < -0.4 is 10.2 Å². The predicted molar refractivity (Wildman–Crippen MR) is 92.7 cm³/mol.